The van der Waals surface area contributed by atoms with Crippen LogP contribution in [0.15, 0.2) is 23.3 Å². The predicted octanol–water partition coefficient (Wildman–Crippen LogP) is 4.87. The maximum Gasteiger partial charge on any atom is 0.0577 e. The second kappa shape index (κ2) is 4.98. The molecule has 21 heavy (non-hydrogen) atoms. The third-order valence-electron chi connectivity index (χ3n) is 7.62. The molecular weight excluding hydrogens is 256 g/mol. The first-order valence-corrected chi connectivity index (χ1v) is 9.16. The molecule has 3 fully saturated rings. The van der Waals surface area contributed by atoms with Crippen LogP contribution in [0.3, 0.4) is 0 Å². The molecule has 0 aromatic rings. The number of allylic oxidation sites excluding steroid dienone is 3. The van der Waals surface area contributed by atoms with Crippen molar-refractivity contribution in [2.75, 3.05) is 0 Å². The Morgan fingerprint density at radius 3 is 2.86 bits per heavy atom. The van der Waals surface area contributed by atoms with E-state index < -0.39 is 0 Å². The van der Waals surface area contributed by atoms with Gasteiger partial charge in [0, 0.05) is 0 Å². The van der Waals surface area contributed by atoms with Gasteiger partial charge in [0.25, 0.3) is 0 Å². The molecule has 0 heterocycles. The van der Waals surface area contributed by atoms with E-state index in [1.165, 1.54) is 38.5 Å². The summed E-state index contributed by atoms with van der Waals surface area (Å²) in [4.78, 5) is 0. The Hall–Kier alpha value is -0.560. The van der Waals surface area contributed by atoms with E-state index in [2.05, 4.69) is 26.0 Å². The van der Waals surface area contributed by atoms with Crippen molar-refractivity contribution in [3.05, 3.63) is 23.3 Å². The molecular formula is C20H30O. The third kappa shape index (κ3) is 2.00. The summed E-state index contributed by atoms with van der Waals surface area (Å²) in [5.41, 5.74) is 3.87. The van der Waals surface area contributed by atoms with E-state index in [1.54, 1.807) is 11.1 Å². The largest absolute Gasteiger partial charge is 0.393 e. The molecule has 6 unspecified atom stereocenters. The van der Waals surface area contributed by atoms with Crippen molar-refractivity contribution < 1.29 is 5.11 Å². The molecule has 0 spiro atoms. The van der Waals surface area contributed by atoms with Crippen molar-refractivity contribution in [2.45, 2.75) is 71.3 Å². The van der Waals surface area contributed by atoms with E-state index in [9.17, 15) is 5.11 Å². The lowest BCUT2D eigenvalue weighted by molar-refractivity contribution is 0.0141. The first kappa shape index (κ1) is 14.1. The van der Waals surface area contributed by atoms with Gasteiger partial charge in [-0.1, -0.05) is 30.2 Å². The highest BCUT2D eigenvalue weighted by Gasteiger charge is 2.53. The average Bonchev–Trinajstić information content (AvgIpc) is 2.83. The maximum absolute atomic E-state index is 9.95. The van der Waals surface area contributed by atoms with Crippen LogP contribution in [-0.4, -0.2) is 11.2 Å². The smallest absolute Gasteiger partial charge is 0.0577 e. The first-order chi connectivity index (χ1) is 10.1. The van der Waals surface area contributed by atoms with E-state index in [1.807, 2.05) is 0 Å². The van der Waals surface area contributed by atoms with E-state index in [4.69, 9.17) is 0 Å². The third-order valence-corrected chi connectivity index (χ3v) is 7.62. The summed E-state index contributed by atoms with van der Waals surface area (Å²) in [5.74, 6) is 3.58. The van der Waals surface area contributed by atoms with Crippen molar-refractivity contribution in [3.63, 3.8) is 0 Å². The molecule has 1 N–H and O–H groups in total. The minimum atomic E-state index is -0.0565. The molecule has 0 saturated heterocycles. The Morgan fingerprint density at radius 2 is 2.05 bits per heavy atom. The minimum Gasteiger partial charge on any atom is -0.393 e. The molecule has 116 valence electrons. The highest BCUT2D eigenvalue weighted by molar-refractivity contribution is 5.26. The quantitative estimate of drug-likeness (QED) is 0.630. The minimum absolute atomic E-state index is 0.0565. The highest BCUT2D eigenvalue weighted by atomic mass is 16.3. The lowest BCUT2D eigenvalue weighted by atomic mass is 9.52. The zero-order valence-electron chi connectivity index (χ0n) is 13.6. The number of hydrogen-bond acceptors (Lipinski definition) is 1. The van der Waals surface area contributed by atoms with E-state index >= 15 is 0 Å². The van der Waals surface area contributed by atoms with Crippen molar-refractivity contribution in [1.82, 2.24) is 0 Å². The van der Waals surface area contributed by atoms with Crippen LogP contribution in [0.5, 0.6) is 0 Å². The summed E-state index contributed by atoms with van der Waals surface area (Å²) in [7, 11) is 0. The number of hydrogen-bond donors (Lipinski definition) is 1. The second-order valence-corrected chi connectivity index (χ2v) is 8.30. The standard InChI is InChI=1S/C20H30O/c1-3-14-5-9-19-18-7-4-13-12-15(21)6-8-16(13)17(18)10-11-20(14,19)2/h3-4,15-19,21H,5-12H2,1-2H3/b14-3-. The topological polar surface area (TPSA) is 20.2 Å². The number of aliphatic hydroxyl groups is 1. The van der Waals surface area contributed by atoms with Crippen molar-refractivity contribution in [3.8, 4) is 0 Å². The molecule has 0 aliphatic heterocycles. The van der Waals surface area contributed by atoms with Gasteiger partial charge in [-0.3, -0.25) is 0 Å². The average molecular weight is 286 g/mol. The summed E-state index contributed by atoms with van der Waals surface area (Å²) in [5, 5.41) is 9.95. The fraction of sp³-hybridized carbons (Fsp3) is 0.800. The van der Waals surface area contributed by atoms with Gasteiger partial charge in [-0.05, 0) is 87.4 Å². The van der Waals surface area contributed by atoms with Crippen LogP contribution in [0.4, 0.5) is 0 Å². The first-order valence-electron chi connectivity index (χ1n) is 9.16. The van der Waals surface area contributed by atoms with Gasteiger partial charge in [0.2, 0.25) is 0 Å². The predicted molar refractivity (Wildman–Crippen MR) is 86.8 cm³/mol. The van der Waals surface area contributed by atoms with Crippen LogP contribution in [0.1, 0.15) is 65.2 Å². The Morgan fingerprint density at radius 1 is 1.19 bits per heavy atom. The monoisotopic (exact) mass is 286 g/mol. The van der Waals surface area contributed by atoms with E-state index in [0.717, 1.165) is 36.5 Å². The van der Waals surface area contributed by atoms with Gasteiger partial charge in [0.15, 0.2) is 0 Å². The van der Waals surface area contributed by atoms with Gasteiger partial charge in [-0.15, -0.1) is 0 Å². The molecule has 0 bridgehead atoms. The fourth-order valence-electron chi connectivity index (χ4n) is 6.57. The van der Waals surface area contributed by atoms with Crippen molar-refractivity contribution in [1.29, 1.82) is 0 Å². The Bertz CT molecular complexity index is 488. The van der Waals surface area contributed by atoms with Crippen LogP contribution in [-0.2, 0) is 0 Å². The summed E-state index contributed by atoms with van der Waals surface area (Å²) >= 11 is 0. The molecule has 1 nitrogen and oxygen atoms in total. The van der Waals surface area contributed by atoms with Crippen molar-refractivity contribution in [2.24, 2.45) is 29.1 Å². The molecule has 4 rings (SSSR count). The summed E-state index contributed by atoms with van der Waals surface area (Å²) in [6.07, 6.45) is 15.0. The Kier molecular flexibility index (Phi) is 3.33. The van der Waals surface area contributed by atoms with Crippen LogP contribution in [0.25, 0.3) is 0 Å². The maximum atomic E-state index is 9.95. The molecule has 6 atom stereocenters. The van der Waals surface area contributed by atoms with Crippen LogP contribution >= 0.6 is 0 Å². The SMILES string of the molecule is C/C=C1/CCC2C3CC=C4CC(O)CCC4C3CCC12C. The van der Waals surface area contributed by atoms with Gasteiger partial charge in [-0.25, -0.2) is 0 Å². The van der Waals surface area contributed by atoms with Gasteiger partial charge in [-0.2, -0.15) is 0 Å². The van der Waals surface area contributed by atoms with E-state index in [0.29, 0.717) is 5.41 Å². The van der Waals surface area contributed by atoms with Gasteiger partial charge >= 0.3 is 0 Å². The van der Waals surface area contributed by atoms with Crippen LogP contribution < -0.4 is 0 Å². The zero-order chi connectivity index (χ0) is 14.6. The summed E-state index contributed by atoms with van der Waals surface area (Å²) < 4.78 is 0. The van der Waals surface area contributed by atoms with Gasteiger partial charge in [0.1, 0.15) is 0 Å². The number of aliphatic hydroxyl groups excluding tert-OH is 1. The molecule has 0 aromatic carbocycles. The number of rotatable bonds is 0. The molecule has 0 aromatic heterocycles. The summed E-state index contributed by atoms with van der Waals surface area (Å²) in [6.45, 7) is 4.80. The summed E-state index contributed by atoms with van der Waals surface area (Å²) in [6, 6.07) is 0. The van der Waals surface area contributed by atoms with E-state index in [-0.39, 0.29) is 6.10 Å². The van der Waals surface area contributed by atoms with Gasteiger partial charge in [0.05, 0.1) is 6.10 Å². The molecule has 0 amide bonds. The second-order valence-electron chi connectivity index (χ2n) is 8.30. The lowest BCUT2D eigenvalue weighted by Crippen LogP contribution is -2.44. The lowest BCUT2D eigenvalue weighted by Gasteiger charge is -2.52. The Labute approximate surface area is 129 Å². The molecule has 4 aliphatic rings. The Balaban J connectivity index is 1.63. The fourth-order valence-corrected chi connectivity index (χ4v) is 6.57. The van der Waals surface area contributed by atoms with Crippen LogP contribution in [0, 0.1) is 29.1 Å². The molecule has 1 heteroatoms. The molecule has 4 aliphatic carbocycles. The molecule has 0 radical (unpaired) electrons. The zero-order valence-corrected chi connectivity index (χ0v) is 13.6. The normalized spacial score (nSPS) is 51.1. The van der Waals surface area contributed by atoms with Crippen LogP contribution in [0.2, 0.25) is 0 Å². The van der Waals surface area contributed by atoms with Crippen molar-refractivity contribution >= 4 is 0 Å². The molecule has 3 saturated carbocycles. The highest BCUT2D eigenvalue weighted by Crippen LogP contribution is 2.62. The number of fused-ring (bicyclic) bond motifs is 5. The van der Waals surface area contributed by atoms with Gasteiger partial charge < -0.3 is 5.11 Å².